The number of carbonyl (C=O) groups is 3. The van der Waals surface area contributed by atoms with Crippen molar-refractivity contribution in [3.05, 3.63) is 18.2 Å². The summed E-state index contributed by atoms with van der Waals surface area (Å²) >= 11 is 1.58. The summed E-state index contributed by atoms with van der Waals surface area (Å²) < 4.78 is 15.5. The monoisotopic (exact) mass is 394 g/mol. The topological polar surface area (TPSA) is 94.2 Å². The Bertz CT molecular complexity index is 770. The lowest BCUT2D eigenvalue weighted by Crippen LogP contribution is -2.47. The van der Waals surface area contributed by atoms with Gasteiger partial charge in [0.05, 0.1) is 24.8 Å². The van der Waals surface area contributed by atoms with Gasteiger partial charge in [-0.05, 0) is 25.5 Å². The third-order valence-corrected chi connectivity index (χ3v) is 6.25. The van der Waals surface area contributed by atoms with Gasteiger partial charge < -0.3 is 24.4 Å². The Labute approximate surface area is 161 Å². The number of amides is 2. The summed E-state index contributed by atoms with van der Waals surface area (Å²) in [6.45, 7) is 1.52. The van der Waals surface area contributed by atoms with Crippen molar-refractivity contribution >= 4 is 35.2 Å². The number of methoxy groups -OCH3 is 2. The van der Waals surface area contributed by atoms with Crippen LogP contribution in [0.25, 0.3) is 0 Å². The molecule has 0 aliphatic carbocycles. The molecule has 2 saturated heterocycles. The number of esters is 1. The summed E-state index contributed by atoms with van der Waals surface area (Å²) in [5.74, 6) is 0.408. The zero-order valence-electron chi connectivity index (χ0n) is 15.4. The van der Waals surface area contributed by atoms with Crippen LogP contribution in [0.1, 0.15) is 19.8 Å². The first kappa shape index (κ1) is 19.3. The molecule has 146 valence electrons. The van der Waals surface area contributed by atoms with Crippen molar-refractivity contribution < 1.29 is 28.6 Å². The van der Waals surface area contributed by atoms with E-state index in [-0.39, 0.29) is 10.8 Å². The Balaban J connectivity index is 1.57. The van der Waals surface area contributed by atoms with Crippen molar-refractivity contribution in [1.82, 2.24) is 4.90 Å². The average Bonchev–Trinajstić information content (AvgIpc) is 3.16. The molecule has 2 fully saturated rings. The highest BCUT2D eigenvalue weighted by atomic mass is 32.2. The molecule has 0 radical (unpaired) electrons. The molecule has 1 aromatic rings. The summed E-state index contributed by atoms with van der Waals surface area (Å²) in [5, 5.41) is 2.64. The fourth-order valence-electron chi connectivity index (χ4n) is 3.32. The number of hydrogen-bond donors (Lipinski definition) is 1. The predicted molar refractivity (Wildman–Crippen MR) is 99.9 cm³/mol. The molecule has 3 rings (SSSR count). The number of fused-ring (bicyclic) bond motifs is 1. The van der Waals surface area contributed by atoms with E-state index >= 15 is 0 Å². The second kappa shape index (κ2) is 7.67. The Morgan fingerprint density at radius 3 is 2.81 bits per heavy atom. The van der Waals surface area contributed by atoms with Crippen LogP contribution >= 0.6 is 11.8 Å². The molecule has 0 spiro atoms. The van der Waals surface area contributed by atoms with E-state index in [4.69, 9.17) is 14.2 Å². The van der Waals surface area contributed by atoms with Crippen molar-refractivity contribution in [3.63, 3.8) is 0 Å². The smallest absolute Gasteiger partial charge is 0.330 e. The number of nitrogens with one attached hydrogen (secondary N) is 1. The van der Waals surface area contributed by atoms with Gasteiger partial charge in [0.2, 0.25) is 5.91 Å². The van der Waals surface area contributed by atoms with Crippen LogP contribution in [0.2, 0.25) is 0 Å². The van der Waals surface area contributed by atoms with E-state index in [1.807, 2.05) is 6.92 Å². The summed E-state index contributed by atoms with van der Waals surface area (Å²) in [6, 6.07) is 4.31. The SMILES string of the molecule is COc1ccc(NC(=O)COC(=O)[C@H]2CS[C@]3(C)CCC(=O)N23)c(OC)c1. The molecule has 0 bridgehead atoms. The van der Waals surface area contributed by atoms with E-state index in [0.717, 1.165) is 6.42 Å². The summed E-state index contributed by atoms with van der Waals surface area (Å²) in [7, 11) is 3.01. The van der Waals surface area contributed by atoms with Crippen LogP contribution in [0.5, 0.6) is 11.5 Å². The molecule has 0 aromatic heterocycles. The van der Waals surface area contributed by atoms with Crippen LogP contribution in [-0.4, -0.2) is 60.2 Å². The fourth-order valence-corrected chi connectivity index (χ4v) is 4.73. The standard InChI is InChI=1S/C18H22N2O6S/c1-18-7-6-16(22)20(18)13(10-27-18)17(23)26-9-15(21)19-12-5-4-11(24-2)8-14(12)25-3/h4-5,8,13H,6-7,9-10H2,1-3H3,(H,19,21)/t13-,18-/m1/s1. The summed E-state index contributed by atoms with van der Waals surface area (Å²) in [5.41, 5.74) is 0.443. The van der Waals surface area contributed by atoms with Crippen LogP contribution in [0.15, 0.2) is 18.2 Å². The Morgan fingerprint density at radius 1 is 1.33 bits per heavy atom. The molecule has 2 amide bonds. The lowest BCUT2D eigenvalue weighted by atomic mass is 10.2. The molecule has 9 heteroatoms. The number of anilines is 1. The number of benzene rings is 1. The maximum atomic E-state index is 12.4. The van der Waals surface area contributed by atoms with E-state index in [1.54, 1.807) is 34.9 Å². The van der Waals surface area contributed by atoms with E-state index in [1.165, 1.54) is 14.2 Å². The van der Waals surface area contributed by atoms with Crippen LogP contribution in [-0.2, 0) is 19.1 Å². The zero-order valence-corrected chi connectivity index (χ0v) is 16.3. The Kier molecular flexibility index (Phi) is 5.50. The molecule has 2 aliphatic rings. The van der Waals surface area contributed by atoms with Crippen molar-refractivity contribution in [1.29, 1.82) is 0 Å². The maximum Gasteiger partial charge on any atom is 0.330 e. The van der Waals surface area contributed by atoms with Crippen LogP contribution in [0.3, 0.4) is 0 Å². The predicted octanol–water partition coefficient (Wildman–Crippen LogP) is 1.64. The average molecular weight is 394 g/mol. The molecule has 0 saturated carbocycles. The highest BCUT2D eigenvalue weighted by molar-refractivity contribution is 8.01. The van der Waals surface area contributed by atoms with Gasteiger partial charge in [-0.3, -0.25) is 9.59 Å². The maximum absolute atomic E-state index is 12.4. The number of thioether (sulfide) groups is 1. The van der Waals surface area contributed by atoms with Crippen LogP contribution in [0, 0.1) is 0 Å². The van der Waals surface area contributed by atoms with Gasteiger partial charge in [-0.15, -0.1) is 11.8 Å². The van der Waals surface area contributed by atoms with Crippen molar-refractivity contribution in [2.45, 2.75) is 30.7 Å². The first-order chi connectivity index (χ1) is 12.9. The normalized spacial score (nSPS) is 23.7. The minimum absolute atomic E-state index is 0.0446. The van der Waals surface area contributed by atoms with E-state index in [0.29, 0.717) is 29.4 Å². The number of ether oxygens (including phenoxy) is 3. The van der Waals surface area contributed by atoms with Crippen LogP contribution in [0.4, 0.5) is 5.69 Å². The molecule has 8 nitrogen and oxygen atoms in total. The van der Waals surface area contributed by atoms with Gasteiger partial charge in [-0.25, -0.2) is 4.79 Å². The minimum Gasteiger partial charge on any atom is -0.497 e. The highest BCUT2D eigenvalue weighted by Gasteiger charge is 2.53. The Morgan fingerprint density at radius 2 is 2.11 bits per heavy atom. The quantitative estimate of drug-likeness (QED) is 0.733. The third-order valence-electron chi connectivity index (χ3n) is 4.75. The lowest BCUT2D eigenvalue weighted by molar-refractivity contribution is -0.155. The Hall–Kier alpha value is -2.42. The summed E-state index contributed by atoms with van der Waals surface area (Å²) in [6.07, 6.45) is 1.16. The van der Waals surface area contributed by atoms with E-state index < -0.39 is 24.5 Å². The third kappa shape index (κ3) is 3.83. The van der Waals surface area contributed by atoms with Gasteiger partial charge in [-0.2, -0.15) is 0 Å². The number of carbonyl (C=O) groups excluding carboxylic acids is 3. The molecule has 1 aromatic carbocycles. The van der Waals surface area contributed by atoms with Gasteiger partial charge in [0.1, 0.15) is 17.5 Å². The first-order valence-corrected chi connectivity index (χ1v) is 9.51. The molecule has 0 unspecified atom stereocenters. The van der Waals surface area contributed by atoms with Gasteiger partial charge >= 0.3 is 5.97 Å². The van der Waals surface area contributed by atoms with Gasteiger partial charge in [-0.1, -0.05) is 0 Å². The molecule has 2 aliphatic heterocycles. The zero-order chi connectivity index (χ0) is 19.6. The van der Waals surface area contributed by atoms with Crippen molar-refractivity contribution in [3.8, 4) is 11.5 Å². The van der Waals surface area contributed by atoms with Gasteiger partial charge in [0.15, 0.2) is 6.61 Å². The molecular formula is C18H22N2O6S. The molecule has 2 heterocycles. The van der Waals surface area contributed by atoms with Crippen LogP contribution < -0.4 is 14.8 Å². The van der Waals surface area contributed by atoms with Gasteiger partial charge in [0.25, 0.3) is 5.91 Å². The second-order valence-corrected chi connectivity index (χ2v) is 7.99. The molecular weight excluding hydrogens is 372 g/mol. The first-order valence-electron chi connectivity index (χ1n) is 8.52. The number of hydrogen-bond acceptors (Lipinski definition) is 7. The van der Waals surface area contributed by atoms with Crippen molar-refractivity contribution in [2.75, 3.05) is 31.9 Å². The molecule has 2 atom stereocenters. The highest BCUT2D eigenvalue weighted by Crippen LogP contribution is 2.47. The minimum atomic E-state index is -0.640. The fraction of sp³-hybridized carbons (Fsp3) is 0.500. The van der Waals surface area contributed by atoms with Crippen molar-refractivity contribution in [2.24, 2.45) is 0 Å². The summed E-state index contributed by atoms with van der Waals surface area (Å²) in [4.78, 5) is 37.9. The lowest BCUT2D eigenvalue weighted by Gasteiger charge is -2.29. The number of rotatable bonds is 6. The van der Waals surface area contributed by atoms with E-state index in [2.05, 4.69) is 5.32 Å². The number of nitrogens with zero attached hydrogens (tertiary/aromatic N) is 1. The molecule has 27 heavy (non-hydrogen) atoms. The van der Waals surface area contributed by atoms with Gasteiger partial charge in [0, 0.05) is 18.2 Å². The molecule has 1 N–H and O–H groups in total. The second-order valence-electron chi connectivity index (χ2n) is 6.49. The van der Waals surface area contributed by atoms with E-state index in [9.17, 15) is 14.4 Å². The largest absolute Gasteiger partial charge is 0.497 e.